The molecule has 30 heavy (non-hydrogen) atoms. The van der Waals surface area contributed by atoms with E-state index in [0.717, 1.165) is 33.3 Å². The molecule has 1 amide bonds. The van der Waals surface area contributed by atoms with Gasteiger partial charge in [-0.05, 0) is 54.4 Å². The summed E-state index contributed by atoms with van der Waals surface area (Å²) in [7, 11) is 0. The predicted octanol–water partition coefficient (Wildman–Crippen LogP) is 4.09. The molecule has 0 aliphatic heterocycles. The van der Waals surface area contributed by atoms with Crippen molar-refractivity contribution in [3.8, 4) is 22.4 Å². The first kappa shape index (κ1) is 19.4. The average molecular weight is 401 g/mol. The van der Waals surface area contributed by atoms with Crippen LogP contribution < -0.4 is 11.1 Å². The molecule has 0 aliphatic carbocycles. The first-order chi connectivity index (χ1) is 14.5. The third kappa shape index (κ3) is 3.96. The van der Waals surface area contributed by atoms with Crippen LogP contribution in [0.2, 0.25) is 0 Å². The van der Waals surface area contributed by atoms with E-state index < -0.39 is 0 Å². The Morgan fingerprint density at radius 2 is 1.90 bits per heavy atom. The predicted molar refractivity (Wildman–Crippen MR) is 115 cm³/mol. The van der Waals surface area contributed by atoms with Crippen molar-refractivity contribution in [3.05, 3.63) is 72.4 Å². The number of nitrogens with one attached hydrogen (secondary N) is 1. The van der Waals surface area contributed by atoms with Crippen LogP contribution in [0, 0.1) is 12.7 Å². The molecule has 0 unspecified atom stereocenters. The van der Waals surface area contributed by atoms with Crippen LogP contribution >= 0.6 is 0 Å². The SMILES string of the molecule is Cc1cc(-c2ncccc2-c2ccc3ncnc(NCCC(N)=O)c3c2)ccc1F. The van der Waals surface area contributed by atoms with Crippen molar-refractivity contribution in [1.82, 2.24) is 15.0 Å². The second-order valence-electron chi connectivity index (χ2n) is 6.96. The number of halogens is 1. The van der Waals surface area contributed by atoms with E-state index >= 15 is 0 Å². The van der Waals surface area contributed by atoms with Gasteiger partial charge in [-0.1, -0.05) is 12.1 Å². The molecule has 0 fully saturated rings. The van der Waals surface area contributed by atoms with Gasteiger partial charge in [0.25, 0.3) is 0 Å². The fourth-order valence-electron chi connectivity index (χ4n) is 3.33. The maximum absolute atomic E-state index is 13.7. The lowest BCUT2D eigenvalue weighted by atomic mass is 9.97. The van der Waals surface area contributed by atoms with Gasteiger partial charge in [0.1, 0.15) is 18.0 Å². The van der Waals surface area contributed by atoms with Crippen LogP contribution in [0.25, 0.3) is 33.3 Å². The Balaban J connectivity index is 1.78. The molecule has 0 atom stereocenters. The van der Waals surface area contributed by atoms with Crippen LogP contribution in [-0.4, -0.2) is 27.4 Å². The number of pyridine rings is 1. The molecule has 3 N–H and O–H groups in total. The average Bonchev–Trinajstić information content (AvgIpc) is 2.75. The summed E-state index contributed by atoms with van der Waals surface area (Å²) in [6.45, 7) is 2.12. The van der Waals surface area contributed by atoms with Gasteiger partial charge in [-0.25, -0.2) is 14.4 Å². The number of carbonyl (C=O) groups excluding carboxylic acids is 1. The normalized spacial score (nSPS) is 10.9. The smallest absolute Gasteiger partial charge is 0.219 e. The second-order valence-corrected chi connectivity index (χ2v) is 6.96. The van der Waals surface area contributed by atoms with Crippen molar-refractivity contribution in [2.45, 2.75) is 13.3 Å². The van der Waals surface area contributed by atoms with Gasteiger partial charge in [-0.15, -0.1) is 0 Å². The molecule has 4 rings (SSSR count). The molecular weight excluding hydrogens is 381 g/mol. The number of rotatable bonds is 6. The summed E-state index contributed by atoms with van der Waals surface area (Å²) < 4.78 is 13.7. The number of nitrogens with two attached hydrogens (primary N) is 1. The van der Waals surface area contributed by atoms with Gasteiger partial charge in [0.15, 0.2) is 0 Å². The molecule has 0 saturated heterocycles. The highest BCUT2D eigenvalue weighted by Crippen LogP contribution is 2.33. The van der Waals surface area contributed by atoms with Crippen LogP contribution in [0.3, 0.4) is 0 Å². The summed E-state index contributed by atoms with van der Waals surface area (Å²) in [5.74, 6) is 0.00747. The Morgan fingerprint density at radius 3 is 2.70 bits per heavy atom. The third-order valence-corrected chi connectivity index (χ3v) is 4.85. The molecule has 4 aromatic rings. The number of hydrogen-bond donors (Lipinski definition) is 2. The number of carbonyl (C=O) groups is 1. The molecule has 2 heterocycles. The zero-order valence-corrected chi connectivity index (χ0v) is 16.4. The van der Waals surface area contributed by atoms with Crippen LogP contribution in [0.1, 0.15) is 12.0 Å². The Morgan fingerprint density at radius 1 is 1.07 bits per heavy atom. The lowest BCUT2D eigenvalue weighted by Gasteiger charge is -2.12. The Bertz CT molecular complexity index is 1240. The molecule has 0 spiro atoms. The van der Waals surface area contributed by atoms with E-state index in [1.807, 2.05) is 30.3 Å². The van der Waals surface area contributed by atoms with Gasteiger partial charge in [0, 0.05) is 35.7 Å². The number of anilines is 1. The van der Waals surface area contributed by atoms with E-state index in [2.05, 4.69) is 20.3 Å². The van der Waals surface area contributed by atoms with Crippen LogP contribution in [-0.2, 0) is 4.79 Å². The molecule has 2 aromatic heterocycles. The van der Waals surface area contributed by atoms with Crippen molar-refractivity contribution in [2.24, 2.45) is 5.73 Å². The van der Waals surface area contributed by atoms with Gasteiger partial charge in [0.2, 0.25) is 5.91 Å². The van der Waals surface area contributed by atoms with Crippen molar-refractivity contribution in [2.75, 3.05) is 11.9 Å². The highest BCUT2D eigenvalue weighted by atomic mass is 19.1. The van der Waals surface area contributed by atoms with E-state index in [0.29, 0.717) is 17.9 Å². The highest BCUT2D eigenvalue weighted by molar-refractivity contribution is 5.94. The minimum atomic E-state index is -0.379. The molecular formula is C23H20FN5O. The van der Waals surface area contributed by atoms with E-state index in [1.165, 1.54) is 12.4 Å². The summed E-state index contributed by atoms with van der Waals surface area (Å²) in [5, 5.41) is 3.97. The number of aromatic nitrogens is 3. The monoisotopic (exact) mass is 401 g/mol. The topological polar surface area (TPSA) is 93.8 Å². The fraction of sp³-hybridized carbons (Fsp3) is 0.130. The molecule has 7 heteroatoms. The summed E-state index contributed by atoms with van der Waals surface area (Å²) in [5.41, 5.74) is 10.0. The summed E-state index contributed by atoms with van der Waals surface area (Å²) in [6.07, 6.45) is 3.41. The molecule has 0 bridgehead atoms. The Labute approximate surface area is 173 Å². The quantitative estimate of drug-likeness (QED) is 0.507. The zero-order valence-electron chi connectivity index (χ0n) is 16.4. The number of fused-ring (bicyclic) bond motifs is 1. The lowest BCUT2D eigenvalue weighted by Crippen LogP contribution is -2.16. The van der Waals surface area contributed by atoms with Gasteiger partial charge in [0.05, 0.1) is 11.2 Å². The third-order valence-electron chi connectivity index (χ3n) is 4.85. The van der Waals surface area contributed by atoms with Crippen molar-refractivity contribution in [3.63, 3.8) is 0 Å². The molecule has 150 valence electrons. The maximum Gasteiger partial charge on any atom is 0.219 e. The minimum Gasteiger partial charge on any atom is -0.370 e. The first-order valence-corrected chi connectivity index (χ1v) is 9.52. The number of benzene rings is 2. The second kappa shape index (κ2) is 8.24. The molecule has 6 nitrogen and oxygen atoms in total. The Hall–Kier alpha value is -3.87. The minimum absolute atomic E-state index is 0.210. The standard InChI is InChI=1S/C23H20FN5O/c1-14-11-16(4-6-19(14)24)22-17(3-2-9-26-22)15-5-7-20-18(12-15)23(29-13-28-20)27-10-8-21(25)30/h2-7,9,11-13H,8,10H2,1H3,(H2,25,30)(H,27,28,29). The highest BCUT2D eigenvalue weighted by Gasteiger charge is 2.12. The van der Waals surface area contributed by atoms with Crippen molar-refractivity contribution >= 4 is 22.6 Å². The van der Waals surface area contributed by atoms with Gasteiger partial charge < -0.3 is 11.1 Å². The van der Waals surface area contributed by atoms with E-state index in [1.54, 1.807) is 25.3 Å². The fourth-order valence-corrected chi connectivity index (χ4v) is 3.33. The summed E-state index contributed by atoms with van der Waals surface area (Å²) in [4.78, 5) is 24.2. The summed E-state index contributed by atoms with van der Waals surface area (Å²) >= 11 is 0. The van der Waals surface area contributed by atoms with Crippen molar-refractivity contribution < 1.29 is 9.18 Å². The molecule has 0 aliphatic rings. The van der Waals surface area contributed by atoms with E-state index in [-0.39, 0.29) is 18.1 Å². The van der Waals surface area contributed by atoms with Crippen LogP contribution in [0.5, 0.6) is 0 Å². The lowest BCUT2D eigenvalue weighted by molar-refractivity contribution is -0.117. The number of hydrogen-bond acceptors (Lipinski definition) is 5. The molecule has 0 radical (unpaired) electrons. The van der Waals surface area contributed by atoms with Crippen molar-refractivity contribution in [1.29, 1.82) is 0 Å². The molecule has 2 aromatic carbocycles. The number of aryl methyl sites for hydroxylation is 1. The van der Waals surface area contributed by atoms with E-state index in [9.17, 15) is 9.18 Å². The van der Waals surface area contributed by atoms with Crippen LogP contribution in [0.4, 0.5) is 10.2 Å². The first-order valence-electron chi connectivity index (χ1n) is 9.52. The van der Waals surface area contributed by atoms with Gasteiger partial charge in [-0.3, -0.25) is 9.78 Å². The number of nitrogens with zero attached hydrogens (tertiary/aromatic N) is 3. The number of primary amides is 1. The zero-order chi connectivity index (χ0) is 21.1. The van der Waals surface area contributed by atoms with Gasteiger partial charge in [-0.2, -0.15) is 0 Å². The number of amides is 1. The largest absolute Gasteiger partial charge is 0.370 e. The van der Waals surface area contributed by atoms with E-state index in [4.69, 9.17) is 5.73 Å². The maximum atomic E-state index is 13.7. The molecule has 0 saturated carbocycles. The van der Waals surface area contributed by atoms with Gasteiger partial charge >= 0.3 is 0 Å². The summed E-state index contributed by atoms with van der Waals surface area (Å²) in [6, 6.07) is 14.7. The Kier molecular flexibility index (Phi) is 5.34. The van der Waals surface area contributed by atoms with Crippen LogP contribution in [0.15, 0.2) is 61.1 Å².